The molecule has 3 nitrogen and oxygen atoms in total. The van der Waals surface area contributed by atoms with E-state index >= 15 is 0 Å². The molecule has 0 aliphatic carbocycles. The zero-order chi connectivity index (χ0) is 17.2. The zero-order valence-corrected chi connectivity index (χ0v) is 13.9. The first kappa shape index (κ1) is 15.5. The van der Waals surface area contributed by atoms with Gasteiger partial charge in [0.2, 0.25) is 0 Å². The van der Waals surface area contributed by atoms with E-state index in [-0.39, 0.29) is 0 Å². The molecule has 1 unspecified atom stereocenters. The Balaban J connectivity index is 1.85. The van der Waals surface area contributed by atoms with Crippen LogP contribution in [-0.4, -0.2) is 17.2 Å². The van der Waals surface area contributed by atoms with Crippen LogP contribution in [0, 0.1) is 0 Å². The number of aliphatic hydroxyl groups excluding tert-OH is 1. The number of methoxy groups -OCH3 is 1. The minimum atomic E-state index is -0.666. The fourth-order valence-corrected chi connectivity index (χ4v) is 3.25. The first-order valence-electron chi connectivity index (χ1n) is 8.25. The van der Waals surface area contributed by atoms with Gasteiger partial charge in [0, 0.05) is 28.7 Å². The second-order valence-corrected chi connectivity index (χ2v) is 6.01. The molecule has 0 amide bonds. The van der Waals surface area contributed by atoms with E-state index in [2.05, 4.69) is 4.98 Å². The molecule has 1 aromatic heterocycles. The fourth-order valence-electron chi connectivity index (χ4n) is 3.25. The van der Waals surface area contributed by atoms with Crippen molar-refractivity contribution in [2.45, 2.75) is 6.10 Å². The van der Waals surface area contributed by atoms with Gasteiger partial charge in [0.25, 0.3) is 0 Å². The highest BCUT2D eigenvalue weighted by Crippen LogP contribution is 2.36. The number of ether oxygens (including phenoxy) is 1. The Morgan fingerprint density at radius 2 is 1.64 bits per heavy atom. The molecule has 0 spiro atoms. The average Bonchev–Trinajstić information content (AvgIpc) is 3.11. The van der Waals surface area contributed by atoms with E-state index in [4.69, 9.17) is 4.74 Å². The van der Waals surface area contributed by atoms with Gasteiger partial charge in [-0.1, -0.05) is 54.6 Å². The minimum absolute atomic E-state index is 0.666. The van der Waals surface area contributed by atoms with Crippen LogP contribution in [0.3, 0.4) is 0 Å². The summed E-state index contributed by atoms with van der Waals surface area (Å²) in [5.41, 5.74) is 4.89. The monoisotopic (exact) mass is 329 g/mol. The second-order valence-electron chi connectivity index (χ2n) is 6.01. The number of aromatic amines is 1. The molecule has 3 aromatic carbocycles. The van der Waals surface area contributed by atoms with Crippen molar-refractivity contribution in [1.82, 2.24) is 4.98 Å². The highest BCUT2D eigenvalue weighted by molar-refractivity contribution is 5.97. The van der Waals surface area contributed by atoms with Crippen LogP contribution >= 0.6 is 0 Å². The summed E-state index contributed by atoms with van der Waals surface area (Å²) in [4.78, 5) is 3.31. The van der Waals surface area contributed by atoms with Crippen molar-refractivity contribution in [3.8, 4) is 16.9 Å². The largest absolute Gasteiger partial charge is 0.497 e. The van der Waals surface area contributed by atoms with Gasteiger partial charge in [0.15, 0.2) is 0 Å². The summed E-state index contributed by atoms with van der Waals surface area (Å²) < 4.78 is 5.30. The maximum absolute atomic E-state index is 10.9. The summed E-state index contributed by atoms with van der Waals surface area (Å²) in [7, 11) is 1.66. The van der Waals surface area contributed by atoms with E-state index in [1.807, 2.05) is 79.0 Å². The van der Waals surface area contributed by atoms with Crippen LogP contribution in [0.15, 0.2) is 79.0 Å². The number of fused-ring (bicyclic) bond motifs is 1. The van der Waals surface area contributed by atoms with Gasteiger partial charge in [-0.05, 0) is 28.8 Å². The lowest BCUT2D eigenvalue weighted by molar-refractivity contribution is 0.221. The van der Waals surface area contributed by atoms with Crippen LogP contribution in [0.5, 0.6) is 5.75 Å². The predicted octanol–water partition coefficient (Wildman–Crippen LogP) is 4.93. The summed E-state index contributed by atoms with van der Waals surface area (Å²) in [6, 6.07) is 23.7. The lowest BCUT2D eigenvalue weighted by atomic mass is 9.92. The van der Waals surface area contributed by atoms with E-state index in [1.165, 1.54) is 0 Å². The number of nitrogens with one attached hydrogen (secondary N) is 1. The molecule has 0 saturated carbocycles. The number of H-pyrrole nitrogens is 1. The van der Waals surface area contributed by atoms with Gasteiger partial charge in [0.05, 0.1) is 7.11 Å². The Bertz CT molecular complexity index is 1000. The molecule has 0 fully saturated rings. The zero-order valence-electron chi connectivity index (χ0n) is 13.9. The van der Waals surface area contributed by atoms with Crippen molar-refractivity contribution < 1.29 is 9.84 Å². The van der Waals surface area contributed by atoms with E-state index in [9.17, 15) is 5.11 Å². The smallest absolute Gasteiger partial charge is 0.120 e. The topological polar surface area (TPSA) is 45.2 Å². The Labute approximate surface area is 146 Å². The van der Waals surface area contributed by atoms with Gasteiger partial charge in [0.1, 0.15) is 11.9 Å². The van der Waals surface area contributed by atoms with Crippen LogP contribution in [0.4, 0.5) is 0 Å². The van der Waals surface area contributed by atoms with Crippen molar-refractivity contribution in [3.05, 3.63) is 90.1 Å². The standard InChI is InChI=1S/C22H19NO2/c1-25-16-11-12-18-20(14-23-21(18)13-16)17-9-5-6-10-19(17)22(24)15-7-3-2-4-8-15/h2-14,22-24H,1H3. The number of hydrogen-bond donors (Lipinski definition) is 2. The third-order valence-corrected chi connectivity index (χ3v) is 4.55. The normalized spacial score (nSPS) is 12.2. The van der Waals surface area contributed by atoms with Crippen molar-refractivity contribution >= 4 is 10.9 Å². The first-order valence-corrected chi connectivity index (χ1v) is 8.25. The van der Waals surface area contributed by atoms with E-state index in [1.54, 1.807) is 7.11 Å². The molecule has 1 heterocycles. The van der Waals surface area contributed by atoms with Crippen molar-refractivity contribution in [2.75, 3.05) is 7.11 Å². The Hall–Kier alpha value is -3.04. The van der Waals surface area contributed by atoms with Crippen LogP contribution in [0.1, 0.15) is 17.2 Å². The summed E-state index contributed by atoms with van der Waals surface area (Å²) >= 11 is 0. The van der Waals surface area contributed by atoms with Crippen molar-refractivity contribution in [1.29, 1.82) is 0 Å². The molecule has 1 atom stereocenters. The molecule has 4 aromatic rings. The summed E-state index contributed by atoms with van der Waals surface area (Å²) in [6.07, 6.45) is 1.32. The third kappa shape index (κ3) is 2.79. The summed E-state index contributed by atoms with van der Waals surface area (Å²) in [5, 5.41) is 12.0. The quantitative estimate of drug-likeness (QED) is 0.558. The molecular formula is C22H19NO2. The molecule has 3 heteroatoms. The third-order valence-electron chi connectivity index (χ3n) is 4.55. The van der Waals surface area contributed by atoms with Gasteiger partial charge in [-0.2, -0.15) is 0 Å². The molecule has 25 heavy (non-hydrogen) atoms. The minimum Gasteiger partial charge on any atom is -0.497 e. The van der Waals surface area contributed by atoms with Crippen LogP contribution in [0.25, 0.3) is 22.0 Å². The molecule has 0 bridgehead atoms. The van der Waals surface area contributed by atoms with Gasteiger partial charge < -0.3 is 14.8 Å². The Kier molecular flexibility index (Phi) is 4.00. The molecule has 2 N–H and O–H groups in total. The van der Waals surface area contributed by atoms with Crippen LogP contribution < -0.4 is 4.74 Å². The van der Waals surface area contributed by atoms with Crippen molar-refractivity contribution in [3.63, 3.8) is 0 Å². The lowest BCUT2D eigenvalue weighted by Gasteiger charge is -2.16. The Morgan fingerprint density at radius 3 is 2.44 bits per heavy atom. The number of aromatic nitrogens is 1. The molecular weight excluding hydrogens is 310 g/mol. The van der Waals surface area contributed by atoms with Crippen LogP contribution in [-0.2, 0) is 0 Å². The summed E-state index contributed by atoms with van der Waals surface area (Å²) in [6.45, 7) is 0. The highest BCUT2D eigenvalue weighted by atomic mass is 16.5. The van der Waals surface area contributed by atoms with Crippen LogP contribution in [0.2, 0.25) is 0 Å². The molecule has 0 radical (unpaired) electrons. The van der Waals surface area contributed by atoms with Crippen molar-refractivity contribution in [2.24, 2.45) is 0 Å². The molecule has 4 rings (SSSR count). The molecule has 124 valence electrons. The summed E-state index contributed by atoms with van der Waals surface area (Å²) in [5.74, 6) is 0.818. The molecule has 0 saturated heterocycles. The number of hydrogen-bond acceptors (Lipinski definition) is 2. The second kappa shape index (κ2) is 6.46. The van der Waals surface area contributed by atoms with Gasteiger partial charge >= 0.3 is 0 Å². The van der Waals surface area contributed by atoms with E-state index < -0.39 is 6.10 Å². The maximum Gasteiger partial charge on any atom is 0.120 e. The van der Waals surface area contributed by atoms with E-state index in [0.29, 0.717) is 0 Å². The Morgan fingerprint density at radius 1 is 0.880 bits per heavy atom. The van der Waals surface area contributed by atoms with E-state index in [0.717, 1.165) is 38.9 Å². The lowest BCUT2D eigenvalue weighted by Crippen LogP contribution is -2.01. The van der Waals surface area contributed by atoms with Gasteiger partial charge in [-0.25, -0.2) is 0 Å². The predicted molar refractivity (Wildman–Crippen MR) is 101 cm³/mol. The maximum atomic E-state index is 10.9. The number of aliphatic hydroxyl groups is 1. The fraction of sp³-hybridized carbons (Fsp3) is 0.0909. The SMILES string of the molecule is COc1ccc2c(-c3ccccc3C(O)c3ccccc3)c[nH]c2c1. The molecule has 0 aliphatic rings. The number of rotatable bonds is 4. The highest BCUT2D eigenvalue weighted by Gasteiger charge is 2.17. The molecule has 0 aliphatic heterocycles. The van der Waals surface area contributed by atoms with Gasteiger partial charge in [-0.15, -0.1) is 0 Å². The number of benzene rings is 3. The average molecular weight is 329 g/mol. The van der Waals surface area contributed by atoms with Gasteiger partial charge in [-0.3, -0.25) is 0 Å². The first-order chi connectivity index (χ1) is 12.3.